The zero-order valence-corrected chi connectivity index (χ0v) is 12.3. The Morgan fingerprint density at radius 1 is 1.26 bits per heavy atom. The van der Waals surface area contributed by atoms with Crippen LogP contribution in [0.2, 0.25) is 0 Å². The van der Waals surface area contributed by atoms with Crippen LogP contribution in [-0.4, -0.2) is 22.7 Å². The van der Waals surface area contributed by atoms with Crippen molar-refractivity contribution in [3.63, 3.8) is 0 Å². The molecule has 0 saturated heterocycles. The number of rotatable bonds is 5. The molecule has 0 radical (unpaired) electrons. The molecule has 1 aliphatic carbocycles. The summed E-state index contributed by atoms with van der Waals surface area (Å²) in [4.78, 5) is 6.90. The first kappa shape index (κ1) is 14.3. The zero-order valence-electron chi connectivity index (χ0n) is 12.3. The summed E-state index contributed by atoms with van der Waals surface area (Å²) in [5.74, 6) is 0.650. The molecule has 0 aromatic carbocycles. The van der Waals surface area contributed by atoms with Crippen LogP contribution in [0.5, 0.6) is 0 Å². The van der Waals surface area contributed by atoms with Gasteiger partial charge >= 0.3 is 0 Å². The Balaban J connectivity index is 2.16. The summed E-state index contributed by atoms with van der Waals surface area (Å²) in [6.45, 7) is 7.37. The fourth-order valence-corrected chi connectivity index (χ4v) is 2.89. The summed E-state index contributed by atoms with van der Waals surface area (Å²) in [5, 5.41) is 9.53. The third kappa shape index (κ3) is 3.69. The average molecular weight is 262 g/mol. The highest BCUT2D eigenvalue weighted by molar-refractivity contribution is 5.46. The molecule has 106 valence electrons. The standard InChI is InChI=1S/C16H26N2O/c1-12(2)11-18(14-6-4-5-7-14)15-8-9-16(13(3)19)17-10-15/h8-10,12-14,19H,4-7,11H2,1-3H3/t13-/m1/s1. The molecule has 1 fully saturated rings. The van der Waals surface area contributed by atoms with E-state index in [9.17, 15) is 5.11 Å². The first-order chi connectivity index (χ1) is 9.08. The Morgan fingerprint density at radius 3 is 2.42 bits per heavy atom. The third-order valence-electron chi connectivity index (χ3n) is 3.86. The lowest BCUT2D eigenvalue weighted by atomic mass is 10.1. The van der Waals surface area contributed by atoms with Crippen LogP contribution in [0, 0.1) is 5.92 Å². The van der Waals surface area contributed by atoms with Gasteiger partial charge in [0.15, 0.2) is 0 Å². The number of aliphatic hydroxyl groups is 1. The van der Waals surface area contributed by atoms with Gasteiger partial charge in [-0.15, -0.1) is 0 Å². The molecule has 0 unspecified atom stereocenters. The minimum atomic E-state index is -0.487. The van der Waals surface area contributed by atoms with Gasteiger partial charge in [0.05, 0.1) is 23.7 Å². The fourth-order valence-electron chi connectivity index (χ4n) is 2.89. The van der Waals surface area contributed by atoms with E-state index in [1.807, 2.05) is 12.3 Å². The van der Waals surface area contributed by atoms with E-state index < -0.39 is 6.10 Å². The predicted molar refractivity (Wildman–Crippen MR) is 79.3 cm³/mol. The van der Waals surface area contributed by atoms with Crippen molar-refractivity contribution >= 4 is 5.69 Å². The molecular weight excluding hydrogens is 236 g/mol. The summed E-state index contributed by atoms with van der Waals surface area (Å²) < 4.78 is 0. The molecule has 0 spiro atoms. The van der Waals surface area contributed by atoms with Crippen molar-refractivity contribution in [3.8, 4) is 0 Å². The molecule has 1 aliphatic rings. The molecule has 1 N–H and O–H groups in total. The van der Waals surface area contributed by atoms with Crippen LogP contribution in [0.3, 0.4) is 0 Å². The second kappa shape index (κ2) is 6.38. The van der Waals surface area contributed by atoms with Crippen LogP contribution in [0.1, 0.15) is 58.3 Å². The van der Waals surface area contributed by atoms with Gasteiger partial charge < -0.3 is 10.0 Å². The normalized spacial score (nSPS) is 17.9. The number of hydrogen-bond donors (Lipinski definition) is 1. The highest BCUT2D eigenvalue weighted by atomic mass is 16.3. The van der Waals surface area contributed by atoms with E-state index in [0.29, 0.717) is 12.0 Å². The number of nitrogens with zero attached hydrogens (tertiary/aromatic N) is 2. The minimum absolute atomic E-state index is 0.487. The van der Waals surface area contributed by atoms with E-state index in [-0.39, 0.29) is 0 Å². The van der Waals surface area contributed by atoms with E-state index in [4.69, 9.17) is 0 Å². The molecule has 1 aromatic rings. The SMILES string of the molecule is CC(C)CN(c1ccc([C@@H](C)O)nc1)C1CCCC1. The Bertz CT molecular complexity index is 380. The van der Waals surface area contributed by atoms with E-state index in [1.165, 1.54) is 31.4 Å². The monoisotopic (exact) mass is 262 g/mol. The molecule has 1 saturated carbocycles. The molecule has 19 heavy (non-hydrogen) atoms. The Kier molecular flexibility index (Phi) is 4.81. The summed E-state index contributed by atoms with van der Waals surface area (Å²) in [6.07, 6.45) is 6.72. The van der Waals surface area contributed by atoms with Gasteiger partial charge in [0.2, 0.25) is 0 Å². The Hall–Kier alpha value is -1.09. The van der Waals surface area contributed by atoms with Crippen molar-refractivity contribution in [1.82, 2.24) is 4.98 Å². The van der Waals surface area contributed by atoms with E-state index in [0.717, 1.165) is 12.2 Å². The van der Waals surface area contributed by atoms with Crippen molar-refractivity contribution in [2.24, 2.45) is 5.92 Å². The molecule has 2 rings (SSSR count). The maximum absolute atomic E-state index is 9.53. The summed E-state index contributed by atoms with van der Waals surface area (Å²) in [6, 6.07) is 4.72. The van der Waals surface area contributed by atoms with Crippen LogP contribution in [0.4, 0.5) is 5.69 Å². The van der Waals surface area contributed by atoms with Gasteiger partial charge in [-0.3, -0.25) is 4.98 Å². The highest BCUT2D eigenvalue weighted by Crippen LogP contribution is 2.29. The van der Waals surface area contributed by atoms with Gasteiger partial charge in [-0.2, -0.15) is 0 Å². The number of anilines is 1. The van der Waals surface area contributed by atoms with Gasteiger partial charge in [-0.25, -0.2) is 0 Å². The maximum atomic E-state index is 9.53. The van der Waals surface area contributed by atoms with Gasteiger partial charge in [-0.1, -0.05) is 26.7 Å². The quantitative estimate of drug-likeness (QED) is 0.881. The third-order valence-corrected chi connectivity index (χ3v) is 3.86. The molecule has 0 aliphatic heterocycles. The fraction of sp³-hybridized carbons (Fsp3) is 0.688. The Morgan fingerprint density at radius 2 is 1.95 bits per heavy atom. The van der Waals surface area contributed by atoms with Gasteiger partial charge in [0, 0.05) is 12.6 Å². The predicted octanol–water partition coefficient (Wildman–Crippen LogP) is 3.54. The van der Waals surface area contributed by atoms with Crippen LogP contribution in [-0.2, 0) is 0 Å². The van der Waals surface area contributed by atoms with Gasteiger partial charge in [0.25, 0.3) is 0 Å². The van der Waals surface area contributed by atoms with E-state index in [1.54, 1.807) is 6.92 Å². The molecular formula is C16H26N2O. The highest BCUT2D eigenvalue weighted by Gasteiger charge is 2.23. The number of aliphatic hydroxyl groups excluding tert-OH is 1. The molecule has 0 bridgehead atoms. The van der Waals surface area contributed by atoms with Crippen LogP contribution in [0.15, 0.2) is 18.3 Å². The number of hydrogen-bond acceptors (Lipinski definition) is 3. The summed E-state index contributed by atoms with van der Waals surface area (Å²) >= 11 is 0. The zero-order chi connectivity index (χ0) is 13.8. The topological polar surface area (TPSA) is 36.4 Å². The number of pyridine rings is 1. The van der Waals surface area contributed by atoms with E-state index in [2.05, 4.69) is 29.8 Å². The molecule has 3 nitrogen and oxygen atoms in total. The van der Waals surface area contributed by atoms with Crippen molar-refractivity contribution in [2.45, 2.75) is 58.6 Å². The molecule has 3 heteroatoms. The second-order valence-electron chi connectivity index (χ2n) is 6.10. The van der Waals surface area contributed by atoms with Crippen LogP contribution in [0.25, 0.3) is 0 Å². The summed E-state index contributed by atoms with van der Waals surface area (Å²) in [5.41, 5.74) is 1.95. The molecule has 1 aromatic heterocycles. The second-order valence-corrected chi connectivity index (χ2v) is 6.10. The first-order valence-corrected chi connectivity index (χ1v) is 7.48. The maximum Gasteiger partial charge on any atom is 0.0931 e. The van der Waals surface area contributed by atoms with Crippen molar-refractivity contribution < 1.29 is 5.11 Å². The van der Waals surface area contributed by atoms with Crippen molar-refractivity contribution in [3.05, 3.63) is 24.0 Å². The van der Waals surface area contributed by atoms with Crippen molar-refractivity contribution in [2.75, 3.05) is 11.4 Å². The Labute approximate surface area is 116 Å². The molecule has 0 amide bonds. The first-order valence-electron chi connectivity index (χ1n) is 7.48. The lowest BCUT2D eigenvalue weighted by Crippen LogP contribution is -2.36. The lowest BCUT2D eigenvalue weighted by molar-refractivity contribution is 0.194. The van der Waals surface area contributed by atoms with Crippen LogP contribution >= 0.6 is 0 Å². The van der Waals surface area contributed by atoms with Gasteiger partial charge in [0.1, 0.15) is 0 Å². The smallest absolute Gasteiger partial charge is 0.0931 e. The summed E-state index contributed by atoms with van der Waals surface area (Å²) in [7, 11) is 0. The van der Waals surface area contributed by atoms with Crippen LogP contribution < -0.4 is 4.90 Å². The number of aromatic nitrogens is 1. The average Bonchev–Trinajstić information content (AvgIpc) is 2.89. The van der Waals surface area contributed by atoms with E-state index >= 15 is 0 Å². The largest absolute Gasteiger partial charge is 0.387 e. The molecule has 1 atom stereocenters. The lowest BCUT2D eigenvalue weighted by Gasteiger charge is -2.32. The molecule has 1 heterocycles. The van der Waals surface area contributed by atoms with Gasteiger partial charge in [-0.05, 0) is 37.8 Å². The minimum Gasteiger partial charge on any atom is -0.387 e. The van der Waals surface area contributed by atoms with Crippen molar-refractivity contribution in [1.29, 1.82) is 0 Å².